The topological polar surface area (TPSA) is 87.2 Å². The fourth-order valence-electron chi connectivity index (χ4n) is 3.17. The molecule has 7 heteroatoms. The Morgan fingerprint density at radius 2 is 1.61 bits per heavy atom. The molecule has 0 spiro atoms. The summed E-state index contributed by atoms with van der Waals surface area (Å²) in [6.07, 6.45) is 1.51. The Labute approximate surface area is 186 Å². The summed E-state index contributed by atoms with van der Waals surface area (Å²) in [7, 11) is 0. The van der Waals surface area contributed by atoms with E-state index in [1.807, 2.05) is 84.9 Å². The molecular weight excluding hydrogens is 456 g/mol. The Hall–Kier alpha value is -3.84. The van der Waals surface area contributed by atoms with Crippen LogP contribution in [0, 0.1) is 0 Å². The number of hydrogen-bond donors (Lipinski definition) is 2. The lowest BCUT2D eigenvalue weighted by Crippen LogP contribution is -2.28. The minimum absolute atomic E-state index is 0.0496. The van der Waals surface area contributed by atoms with Crippen LogP contribution in [0.15, 0.2) is 99.3 Å². The summed E-state index contributed by atoms with van der Waals surface area (Å²) in [6, 6.07) is 26.1. The summed E-state index contributed by atoms with van der Waals surface area (Å²) >= 11 is 3.39. The normalized spacial score (nSPS) is 10.9. The number of nitrogens with zero attached hydrogens (tertiary/aromatic N) is 2. The van der Waals surface area contributed by atoms with Crippen LogP contribution in [-0.2, 0) is 0 Å². The van der Waals surface area contributed by atoms with Crippen molar-refractivity contribution < 1.29 is 4.79 Å². The lowest BCUT2D eigenvalue weighted by Gasteiger charge is -2.12. The van der Waals surface area contributed by atoms with E-state index in [9.17, 15) is 9.59 Å². The maximum Gasteiger partial charge on any atom is 0.277 e. The number of halogens is 1. The molecule has 4 rings (SSSR count). The summed E-state index contributed by atoms with van der Waals surface area (Å²) in [5.41, 5.74) is 5.07. The lowest BCUT2D eigenvalue weighted by atomic mass is 9.95. The molecule has 0 saturated carbocycles. The molecule has 3 aromatic carbocycles. The van der Waals surface area contributed by atoms with Crippen molar-refractivity contribution in [3.8, 4) is 22.4 Å². The number of H-pyrrole nitrogens is 1. The van der Waals surface area contributed by atoms with Gasteiger partial charge in [-0.2, -0.15) is 10.2 Å². The van der Waals surface area contributed by atoms with E-state index in [1.54, 1.807) is 0 Å². The number of aromatic nitrogens is 2. The van der Waals surface area contributed by atoms with Gasteiger partial charge in [-0.15, -0.1) is 0 Å². The fourth-order valence-corrected chi connectivity index (χ4v) is 3.58. The van der Waals surface area contributed by atoms with Crippen LogP contribution in [0.3, 0.4) is 0 Å². The SMILES string of the molecule is O=C(NN=Cc1cccc(Br)c1)c1c(-c2ccccc2)c(-c2ccccc2)n[nH]c1=O. The van der Waals surface area contributed by atoms with Crippen LogP contribution in [0.2, 0.25) is 0 Å². The van der Waals surface area contributed by atoms with Gasteiger partial charge in [0.15, 0.2) is 0 Å². The Kier molecular flexibility index (Phi) is 6.14. The van der Waals surface area contributed by atoms with E-state index in [1.165, 1.54) is 6.21 Å². The monoisotopic (exact) mass is 472 g/mol. The van der Waals surface area contributed by atoms with E-state index in [0.29, 0.717) is 16.8 Å². The average molecular weight is 473 g/mol. The van der Waals surface area contributed by atoms with Crippen LogP contribution in [-0.4, -0.2) is 22.3 Å². The smallest absolute Gasteiger partial charge is 0.267 e. The van der Waals surface area contributed by atoms with Crippen molar-refractivity contribution >= 4 is 28.1 Å². The standard InChI is InChI=1S/C24H17BrN4O2/c25-19-13-7-8-16(14-19)15-26-28-23(30)21-20(17-9-3-1-4-10-17)22(27-29-24(21)31)18-11-5-2-6-12-18/h1-15H,(H,28,30)(H,29,31). The van der Waals surface area contributed by atoms with Gasteiger partial charge in [-0.1, -0.05) is 88.7 Å². The molecular formula is C24H17BrN4O2. The molecule has 0 bridgehead atoms. The van der Waals surface area contributed by atoms with E-state index < -0.39 is 11.5 Å². The molecule has 0 atom stereocenters. The van der Waals surface area contributed by atoms with Gasteiger partial charge in [0.2, 0.25) is 0 Å². The zero-order valence-electron chi connectivity index (χ0n) is 16.2. The third-order valence-corrected chi connectivity index (χ3v) is 5.04. The van der Waals surface area contributed by atoms with Crippen molar-refractivity contribution in [2.24, 2.45) is 5.10 Å². The molecule has 2 N–H and O–H groups in total. The number of rotatable bonds is 5. The third-order valence-electron chi connectivity index (χ3n) is 4.55. The Morgan fingerprint density at radius 1 is 0.935 bits per heavy atom. The number of amides is 1. The van der Waals surface area contributed by atoms with Gasteiger partial charge in [-0.05, 0) is 23.3 Å². The molecule has 152 valence electrons. The first-order valence-corrected chi connectivity index (χ1v) is 10.3. The number of hydrogen-bond acceptors (Lipinski definition) is 4. The van der Waals surface area contributed by atoms with Crippen LogP contribution in [0.4, 0.5) is 0 Å². The van der Waals surface area contributed by atoms with E-state index >= 15 is 0 Å². The highest BCUT2D eigenvalue weighted by Gasteiger charge is 2.22. The van der Waals surface area contributed by atoms with E-state index in [4.69, 9.17) is 0 Å². The maximum absolute atomic E-state index is 13.0. The molecule has 0 fully saturated rings. The minimum atomic E-state index is -0.620. The van der Waals surface area contributed by atoms with Crippen molar-refractivity contribution in [1.29, 1.82) is 0 Å². The van der Waals surface area contributed by atoms with Crippen molar-refractivity contribution in [2.75, 3.05) is 0 Å². The first kappa shape index (κ1) is 20.4. The zero-order chi connectivity index (χ0) is 21.6. The second-order valence-electron chi connectivity index (χ2n) is 6.64. The van der Waals surface area contributed by atoms with Gasteiger partial charge in [0.25, 0.3) is 11.5 Å². The molecule has 0 aliphatic rings. The molecule has 0 aliphatic carbocycles. The first-order chi connectivity index (χ1) is 15.1. The van der Waals surface area contributed by atoms with Crippen LogP contribution in [0.1, 0.15) is 15.9 Å². The summed E-state index contributed by atoms with van der Waals surface area (Å²) in [4.78, 5) is 25.7. The molecule has 0 unspecified atom stereocenters. The van der Waals surface area contributed by atoms with Gasteiger partial charge in [-0.25, -0.2) is 10.5 Å². The van der Waals surface area contributed by atoms with Gasteiger partial charge in [-0.3, -0.25) is 9.59 Å². The number of carbonyl (C=O) groups excluding carboxylic acids is 1. The zero-order valence-corrected chi connectivity index (χ0v) is 17.8. The minimum Gasteiger partial charge on any atom is -0.267 e. The molecule has 1 heterocycles. The summed E-state index contributed by atoms with van der Waals surface area (Å²) in [5.74, 6) is -0.620. The number of hydrazone groups is 1. The average Bonchev–Trinajstić information content (AvgIpc) is 2.80. The molecule has 0 aliphatic heterocycles. The van der Waals surface area contributed by atoms with E-state index in [-0.39, 0.29) is 5.56 Å². The predicted molar refractivity (Wildman–Crippen MR) is 125 cm³/mol. The predicted octanol–water partition coefficient (Wildman–Crippen LogP) is 4.63. The molecule has 31 heavy (non-hydrogen) atoms. The Bertz CT molecular complexity index is 1300. The Morgan fingerprint density at radius 3 is 2.29 bits per heavy atom. The highest BCUT2D eigenvalue weighted by atomic mass is 79.9. The highest BCUT2D eigenvalue weighted by Crippen LogP contribution is 2.31. The Balaban J connectivity index is 1.78. The molecule has 0 saturated heterocycles. The van der Waals surface area contributed by atoms with Crippen LogP contribution in [0.25, 0.3) is 22.4 Å². The second kappa shape index (κ2) is 9.32. The van der Waals surface area contributed by atoms with Crippen LogP contribution < -0.4 is 11.0 Å². The van der Waals surface area contributed by atoms with Gasteiger partial charge in [0.05, 0.1) is 11.9 Å². The maximum atomic E-state index is 13.0. The molecule has 0 radical (unpaired) electrons. The molecule has 4 aromatic rings. The van der Waals surface area contributed by atoms with Gasteiger partial charge in [0.1, 0.15) is 5.56 Å². The number of aromatic amines is 1. The van der Waals surface area contributed by atoms with Crippen molar-refractivity contribution in [3.63, 3.8) is 0 Å². The summed E-state index contributed by atoms with van der Waals surface area (Å²) in [6.45, 7) is 0. The molecule has 1 amide bonds. The van der Waals surface area contributed by atoms with E-state index in [2.05, 4.69) is 36.7 Å². The number of nitrogens with one attached hydrogen (secondary N) is 2. The molecule has 1 aromatic heterocycles. The van der Waals surface area contributed by atoms with Crippen molar-refractivity contribution in [1.82, 2.24) is 15.6 Å². The van der Waals surface area contributed by atoms with Crippen molar-refractivity contribution in [2.45, 2.75) is 0 Å². The largest absolute Gasteiger partial charge is 0.277 e. The van der Waals surface area contributed by atoms with E-state index in [0.717, 1.165) is 15.6 Å². The summed E-state index contributed by atoms with van der Waals surface area (Å²) in [5, 5.41) is 10.7. The van der Waals surface area contributed by atoms with Gasteiger partial charge < -0.3 is 0 Å². The third kappa shape index (κ3) is 4.67. The quantitative estimate of drug-likeness (QED) is 0.327. The number of carbonyl (C=O) groups is 1. The van der Waals surface area contributed by atoms with Crippen molar-refractivity contribution in [3.05, 3.63) is 111 Å². The lowest BCUT2D eigenvalue weighted by molar-refractivity contribution is 0.0954. The number of benzene rings is 3. The second-order valence-corrected chi connectivity index (χ2v) is 7.55. The highest BCUT2D eigenvalue weighted by molar-refractivity contribution is 9.10. The van der Waals surface area contributed by atoms with Gasteiger partial charge in [0, 0.05) is 15.6 Å². The fraction of sp³-hybridized carbons (Fsp3) is 0. The van der Waals surface area contributed by atoms with Gasteiger partial charge >= 0.3 is 0 Å². The summed E-state index contributed by atoms with van der Waals surface area (Å²) < 4.78 is 0.896. The molecule has 6 nitrogen and oxygen atoms in total. The van der Waals surface area contributed by atoms with Crippen LogP contribution in [0.5, 0.6) is 0 Å². The first-order valence-electron chi connectivity index (χ1n) is 9.46. The van der Waals surface area contributed by atoms with Crippen LogP contribution >= 0.6 is 15.9 Å².